The lowest BCUT2D eigenvalue weighted by atomic mass is 9.77. The molecule has 1 saturated heterocycles. The average molecular weight is 549 g/mol. The molecule has 1 fully saturated rings. The second-order valence-electron chi connectivity index (χ2n) is 10.3. The van der Waals surface area contributed by atoms with Crippen molar-refractivity contribution in [3.8, 4) is 11.5 Å². The predicted molar refractivity (Wildman–Crippen MR) is 140 cm³/mol. The van der Waals surface area contributed by atoms with Gasteiger partial charge in [-0.15, -0.1) is 0 Å². The number of ether oxygens (including phenoxy) is 4. The molecule has 0 bridgehead atoms. The summed E-state index contributed by atoms with van der Waals surface area (Å²) in [5.41, 5.74) is 1.48. The maximum Gasteiger partial charge on any atom is 0.252 e. The smallest absolute Gasteiger partial charge is 0.252 e. The molecule has 5 unspecified atom stereocenters. The van der Waals surface area contributed by atoms with Crippen LogP contribution in [0.5, 0.6) is 11.5 Å². The lowest BCUT2D eigenvalue weighted by Crippen LogP contribution is -2.57. The predicted octanol–water partition coefficient (Wildman–Crippen LogP) is 0.633. The van der Waals surface area contributed by atoms with Crippen LogP contribution in [0, 0.1) is 0 Å². The van der Waals surface area contributed by atoms with Gasteiger partial charge in [-0.3, -0.25) is 9.59 Å². The van der Waals surface area contributed by atoms with E-state index in [0.717, 1.165) is 6.42 Å². The molecular weight excluding hydrogens is 508 g/mol. The molecule has 0 spiro atoms. The summed E-state index contributed by atoms with van der Waals surface area (Å²) >= 11 is 0. The zero-order valence-electron chi connectivity index (χ0n) is 22.8. The fourth-order valence-corrected chi connectivity index (χ4v) is 5.54. The summed E-state index contributed by atoms with van der Waals surface area (Å²) in [5.74, 6) is -0.597. The molecule has 11 nitrogen and oxygen atoms in total. The molecule has 11 heteroatoms. The van der Waals surface area contributed by atoms with Gasteiger partial charge in [-0.1, -0.05) is 0 Å². The number of carbonyl (C=O) groups excluding carboxylic acids is 2. The van der Waals surface area contributed by atoms with Gasteiger partial charge in [-0.25, -0.2) is 0 Å². The van der Waals surface area contributed by atoms with Crippen molar-refractivity contribution in [2.75, 3.05) is 40.0 Å². The first-order valence-electron chi connectivity index (χ1n) is 13.6. The summed E-state index contributed by atoms with van der Waals surface area (Å²) in [6.07, 6.45) is 0.885. The van der Waals surface area contributed by atoms with Gasteiger partial charge in [0.25, 0.3) is 5.91 Å². The Morgan fingerprint density at radius 3 is 2.69 bits per heavy atom. The van der Waals surface area contributed by atoms with Crippen molar-refractivity contribution in [3.63, 3.8) is 0 Å². The SMILES string of the molecule is COc1cc(CO)cc2c1OC1C2C(C(=O)NCCO)=CC(N(CCCOC(C)C)C(=O)C2CCCO2)C1O. The average Bonchev–Trinajstić information content (AvgIpc) is 3.60. The van der Waals surface area contributed by atoms with Crippen LogP contribution in [0.4, 0.5) is 0 Å². The highest BCUT2D eigenvalue weighted by Gasteiger charge is 2.52. The number of amides is 2. The summed E-state index contributed by atoms with van der Waals surface area (Å²) in [4.78, 5) is 28.6. The third-order valence-corrected chi connectivity index (χ3v) is 7.34. The third-order valence-electron chi connectivity index (χ3n) is 7.34. The summed E-state index contributed by atoms with van der Waals surface area (Å²) in [6, 6.07) is 2.52. The van der Waals surface area contributed by atoms with Crippen LogP contribution < -0.4 is 14.8 Å². The minimum absolute atomic E-state index is 0.0410. The van der Waals surface area contributed by atoms with Gasteiger partial charge in [-0.2, -0.15) is 0 Å². The number of methoxy groups -OCH3 is 1. The molecule has 2 amide bonds. The largest absolute Gasteiger partial charge is 0.493 e. The van der Waals surface area contributed by atoms with Crippen molar-refractivity contribution in [2.45, 2.75) is 76.1 Å². The summed E-state index contributed by atoms with van der Waals surface area (Å²) < 4.78 is 23.1. The summed E-state index contributed by atoms with van der Waals surface area (Å²) in [7, 11) is 1.48. The quantitative estimate of drug-likeness (QED) is 0.276. The Balaban J connectivity index is 1.73. The first-order valence-corrected chi connectivity index (χ1v) is 13.6. The highest BCUT2D eigenvalue weighted by molar-refractivity contribution is 5.96. The molecule has 1 aliphatic carbocycles. The Labute approximate surface area is 228 Å². The molecule has 39 heavy (non-hydrogen) atoms. The zero-order valence-corrected chi connectivity index (χ0v) is 22.8. The van der Waals surface area contributed by atoms with Crippen LogP contribution in [-0.4, -0.2) is 103 Å². The van der Waals surface area contributed by atoms with Crippen LogP contribution in [0.15, 0.2) is 23.8 Å². The first-order chi connectivity index (χ1) is 18.8. The molecule has 2 heterocycles. The monoisotopic (exact) mass is 548 g/mol. The minimum Gasteiger partial charge on any atom is -0.493 e. The normalized spacial score (nSPS) is 25.5. The van der Waals surface area contributed by atoms with Crippen LogP contribution in [0.25, 0.3) is 0 Å². The standard InChI is InChI=1S/C28H40N2O9/c1-16(2)37-11-5-8-30(28(35)21-6-4-10-38-21)20-14-19(27(34)29-7-9-31)23-18-12-17(15-32)13-22(36-3)25(18)39-26(23)24(20)33/h12-14,16,20-21,23-24,26,31-33H,4-11,15H2,1-3H3,(H,29,34). The van der Waals surface area contributed by atoms with E-state index in [1.807, 2.05) is 13.8 Å². The summed E-state index contributed by atoms with van der Waals surface area (Å²) in [6.45, 7) is 4.64. The highest BCUT2D eigenvalue weighted by atomic mass is 16.5. The van der Waals surface area contributed by atoms with Crippen molar-refractivity contribution in [3.05, 3.63) is 34.9 Å². The topological polar surface area (TPSA) is 147 Å². The van der Waals surface area contributed by atoms with Crippen LogP contribution in [-0.2, 0) is 25.7 Å². The van der Waals surface area contributed by atoms with Gasteiger partial charge in [0, 0.05) is 37.4 Å². The van der Waals surface area contributed by atoms with E-state index >= 15 is 0 Å². The van der Waals surface area contributed by atoms with Crippen molar-refractivity contribution in [2.24, 2.45) is 0 Å². The van der Waals surface area contributed by atoms with E-state index in [1.165, 1.54) is 7.11 Å². The van der Waals surface area contributed by atoms with E-state index in [0.29, 0.717) is 54.3 Å². The molecule has 4 rings (SSSR count). The molecule has 4 N–H and O–H groups in total. The number of nitrogens with zero attached hydrogens (tertiary/aromatic N) is 1. The van der Waals surface area contributed by atoms with E-state index in [9.17, 15) is 24.9 Å². The molecule has 0 aromatic heterocycles. The highest BCUT2D eigenvalue weighted by Crippen LogP contribution is 2.51. The number of aliphatic hydroxyl groups excluding tert-OH is 3. The van der Waals surface area contributed by atoms with Gasteiger partial charge in [0.15, 0.2) is 11.5 Å². The Morgan fingerprint density at radius 2 is 2.05 bits per heavy atom. The number of aliphatic hydroxyl groups is 3. The number of nitrogens with one attached hydrogen (secondary N) is 1. The Bertz CT molecular complexity index is 1050. The second-order valence-corrected chi connectivity index (χ2v) is 10.3. The van der Waals surface area contributed by atoms with Gasteiger partial charge in [0.1, 0.15) is 18.3 Å². The van der Waals surface area contributed by atoms with Gasteiger partial charge in [0.2, 0.25) is 5.91 Å². The lowest BCUT2D eigenvalue weighted by molar-refractivity contribution is -0.147. The van der Waals surface area contributed by atoms with Crippen molar-refractivity contribution >= 4 is 11.8 Å². The number of hydrogen-bond acceptors (Lipinski definition) is 9. The van der Waals surface area contributed by atoms with Crippen LogP contribution in [0.3, 0.4) is 0 Å². The maximum absolute atomic E-state index is 13.7. The van der Waals surface area contributed by atoms with Crippen molar-refractivity contribution in [1.29, 1.82) is 0 Å². The van der Waals surface area contributed by atoms with Crippen LogP contribution in [0.1, 0.15) is 50.2 Å². The fraction of sp³-hybridized carbons (Fsp3) is 0.643. The van der Waals surface area contributed by atoms with Crippen LogP contribution in [0.2, 0.25) is 0 Å². The Hall–Kier alpha value is -2.70. The Kier molecular flexibility index (Phi) is 9.84. The third kappa shape index (κ3) is 6.22. The van der Waals surface area contributed by atoms with Gasteiger partial charge >= 0.3 is 0 Å². The number of carbonyl (C=O) groups is 2. The molecule has 2 aliphatic heterocycles. The fourth-order valence-electron chi connectivity index (χ4n) is 5.54. The van der Waals surface area contributed by atoms with Gasteiger partial charge < -0.3 is 44.5 Å². The molecule has 3 aliphatic rings. The van der Waals surface area contributed by atoms with E-state index in [4.69, 9.17) is 18.9 Å². The first kappa shape index (κ1) is 29.3. The van der Waals surface area contributed by atoms with Crippen LogP contribution >= 0.6 is 0 Å². The summed E-state index contributed by atoms with van der Waals surface area (Å²) in [5, 5.41) is 33.5. The zero-order chi connectivity index (χ0) is 28.1. The van der Waals surface area contributed by atoms with E-state index in [1.54, 1.807) is 23.1 Å². The molecule has 5 atom stereocenters. The minimum atomic E-state index is -1.17. The van der Waals surface area contributed by atoms with Crippen molar-refractivity contribution in [1.82, 2.24) is 10.2 Å². The lowest BCUT2D eigenvalue weighted by Gasteiger charge is -2.41. The van der Waals surface area contributed by atoms with Gasteiger partial charge in [0.05, 0.1) is 38.4 Å². The number of benzene rings is 1. The number of hydrogen-bond donors (Lipinski definition) is 4. The number of fused-ring (bicyclic) bond motifs is 3. The van der Waals surface area contributed by atoms with E-state index < -0.39 is 36.2 Å². The molecule has 1 aromatic carbocycles. The van der Waals surface area contributed by atoms with E-state index in [2.05, 4.69) is 5.32 Å². The second kappa shape index (κ2) is 13.1. The van der Waals surface area contributed by atoms with Gasteiger partial charge in [-0.05, 0) is 56.9 Å². The molecule has 0 saturated carbocycles. The maximum atomic E-state index is 13.7. The van der Waals surface area contributed by atoms with Crippen molar-refractivity contribution < 1.29 is 43.9 Å². The number of rotatable bonds is 12. The Morgan fingerprint density at radius 1 is 1.26 bits per heavy atom. The molecule has 216 valence electrons. The van der Waals surface area contributed by atoms with E-state index in [-0.39, 0.29) is 38.3 Å². The molecule has 0 radical (unpaired) electrons. The molecule has 1 aromatic rings. The molecular formula is C28H40N2O9.